The number of fused-ring (bicyclic) bond motifs is 1. The molecule has 3 nitrogen and oxygen atoms in total. The molecule has 0 radical (unpaired) electrons. The van der Waals surface area contributed by atoms with Gasteiger partial charge in [-0.2, -0.15) is 0 Å². The Morgan fingerprint density at radius 3 is 2.94 bits per heavy atom. The van der Waals surface area contributed by atoms with Gasteiger partial charge in [0.2, 0.25) is 0 Å². The fourth-order valence-electron chi connectivity index (χ4n) is 2.08. The first-order valence-electron chi connectivity index (χ1n) is 5.94. The Labute approximate surface area is 110 Å². The van der Waals surface area contributed by atoms with Crippen LogP contribution in [0.1, 0.15) is 16.7 Å². The van der Waals surface area contributed by atoms with Crippen molar-refractivity contribution in [2.24, 2.45) is 12.8 Å². The molecule has 0 aliphatic carbocycles. The molecule has 18 heavy (non-hydrogen) atoms. The number of hydrogen-bond acceptors (Lipinski definition) is 3. The van der Waals surface area contributed by atoms with E-state index in [4.69, 9.17) is 5.73 Å². The molecular weight excluding hydrogens is 242 g/mol. The Kier molecular flexibility index (Phi) is 2.89. The summed E-state index contributed by atoms with van der Waals surface area (Å²) in [6.07, 6.45) is 4.54. The Morgan fingerprint density at radius 1 is 1.39 bits per heavy atom. The number of aromatic nitrogens is 2. The molecule has 0 bridgehead atoms. The van der Waals surface area contributed by atoms with E-state index in [9.17, 15) is 0 Å². The second-order valence-electron chi connectivity index (χ2n) is 4.45. The zero-order valence-corrected chi connectivity index (χ0v) is 11.0. The summed E-state index contributed by atoms with van der Waals surface area (Å²) in [7, 11) is 2.00. The molecule has 0 aliphatic rings. The van der Waals surface area contributed by atoms with Crippen molar-refractivity contribution >= 4 is 21.4 Å². The lowest BCUT2D eigenvalue weighted by Crippen LogP contribution is -2.14. The summed E-state index contributed by atoms with van der Waals surface area (Å²) >= 11 is 1.77. The molecule has 3 aromatic rings. The molecule has 1 unspecified atom stereocenters. The van der Waals surface area contributed by atoms with Gasteiger partial charge < -0.3 is 10.3 Å². The molecule has 2 heterocycles. The van der Waals surface area contributed by atoms with Crippen LogP contribution < -0.4 is 5.73 Å². The fraction of sp³-hybridized carbons (Fsp3) is 0.214. The smallest absolute Gasteiger partial charge is 0.110 e. The minimum atomic E-state index is 0.0171. The highest BCUT2D eigenvalue weighted by molar-refractivity contribution is 7.19. The lowest BCUT2D eigenvalue weighted by atomic mass is 10.1. The van der Waals surface area contributed by atoms with Crippen molar-refractivity contribution in [1.82, 2.24) is 9.55 Å². The van der Waals surface area contributed by atoms with Crippen LogP contribution in [0.3, 0.4) is 0 Å². The van der Waals surface area contributed by atoms with Gasteiger partial charge in [0.05, 0.1) is 0 Å². The fourth-order valence-corrected chi connectivity index (χ4v) is 3.14. The summed E-state index contributed by atoms with van der Waals surface area (Å²) in [5, 5.41) is 1.27. The van der Waals surface area contributed by atoms with Crippen molar-refractivity contribution < 1.29 is 0 Å². The van der Waals surface area contributed by atoms with Crippen LogP contribution in [0.5, 0.6) is 0 Å². The van der Waals surface area contributed by atoms with Gasteiger partial charge in [-0.05, 0) is 17.5 Å². The third-order valence-electron chi connectivity index (χ3n) is 3.13. The lowest BCUT2D eigenvalue weighted by molar-refractivity contribution is 0.669. The number of benzene rings is 1. The van der Waals surface area contributed by atoms with Gasteiger partial charge >= 0.3 is 0 Å². The Morgan fingerprint density at radius 2 is 2.22 bits per heavy atom. The molecule has 0 saturated heterocycles. The second-order valence-corrected chi connectivity index (χ2v) is 5.57. The maximum atomic E-state index is 6.28. The van der Waals surface area contributed by atoms with Crippen LogP contribution in [0.15, 0.2) is 42.7 Å². The van der Waals surface area contributed by atoms with E-state index < -0.39 is 0 Å². The van der Waals surface area contributed by atoms with Crippen LogP contribution in [-0.4, -0.2) is 9.55 Å². The summed E-state index contributed by atoms with van der Waals surface area (Å²) in [4.78, 5) is 5.54. The van der Waals surface area contributed by atoms with Crippen molar-refractivity contribution in [3.63, 3.8) is 0 Å². The highest BCUT2D eigenvalue weighted by atomic mass is 32.1. The minimum Gasteiger partial charge on any atom is -0.338 e. The van der Waals surface area contributed by atoms with Crippen molar-refractivity contribution in [3.05, 3.63) is 53.4 Å². The van der Waals surface area contributed by atoms with Crippen LogP contribution in [0.2, 0.25) is 0 Å². The summed E-state index contributed by atoms with van der Waals surface area (Å²) in [6, 6.07) is 10.6. The molecule has 1 atom stereocenters. The van der Waals surface area contributed by atoms with E-state index in [1.165, 1.54) is 15.0 Å². The molecule has 0 aliphatic heterocycles. The van der Waals surface area contributed by atoms with Crippen molar-refractivity contribution in [3.8, 4) is 0 Å². The zero-order valence-electron chi connectivity index (χ0n) is 10.2. The highest BCUT2D eigenvalue weighted by Gasteiger charge is 2.12. The molecule has 0 fully saturated rings. The molecular formula is C14H15N3S. The minimum absolute atomic E-state index is 0.0171. The standard InChI is InChI=1S/C14H15N3S/c1-17-7-6-16-14(17)9-11(15)13-8-10-4-2-3-5-12(10)18-13/h2-8,11H,9,15H2,1H3. The van der Waals surface area contributed by atoms with E-state index in [-0.39, 0.29) is 6.04 Å². The van der Waals surface area contributed by atoms with E-state index in [2.05, 4.69) is 35.3 Å². The van der Waals surface area contributed by atoms with Gasteiger partial charge in [-0.25, -0.2) is 4.98 Å². The Hall–Kier alpha value is -1.65. The molecule has 2 N–H and O–H groups in total. The van der Waals surface area contributed by atoms with Crippen molar-refractivity contribution in [2.45, 2.75) is 12.5 Å². The predicted octanol–water partition coefficient (Wildman–Crippen LogP) is 2.88. The van der Waals surface area contributed by atoms with Crippen LogP contribution in [0.25, 0.3) is 10.1 Å². The number of rotatable bonds is 3. The summed E-state index contributed by atoms with van der Waals surface area (Å²) in [6.45, 7) is 0. The SMILES string of the molecule is Cn1ccnc1CC(N)c1cc2ccccc2s1. The monoisotopic (exact) mass is 257 g/mol. The first-order valence-corrected chi connectivity index (χ1v) is 6.76. The summed E-state index contributed by atoms with van der Waals surface area (Å²) < 4.78 is 3.32. The molecule has 0 saturated carbocycles. The number of hydrogen-bond donors (Lipinski definition) is 1. The zero-order chi connectivity index (χ0) is 12.5. The van der Waals surface area contributed by atoms with Crippen LogP contribution >= 0.6 is 11.3 Å². The Balaban J connectivity index is 1.88. The summed E-state index contributed by atoms with van der Waals surface area (Å²) in [5.41, 5.74) is 6.28. The quantitative estimate of drug-likeness (QED) is 0.784. The second kappa shape index (κ2) is 4.55. The first kappa shape index (κ1) is 11.4. The van der Waals surface area contributed by atoms with Crippen molar-refractivity contribution in [1.29, 1.82) is 0 Å². The number of imidazole rings is 1. The van der Waals surface area contributed by atoms with E-state index >= 15 is 0 Å². The number of aryl methyl sites for hydroxylation is 1. The maximum Gasteiger partial charge on any atom is 0.110 e. The van der Waals surface area contributed by atoms with E-state index in [1.807, 2.05) is 24.0 Å². The van der Waals surface area contributed by atoms with Crippen molar-refractivity contribution in [2.75, 3.05) is 0 Å². The summed E-state index contributed by atoms with van der Waals surface area (Å²) in [5.74, 6) is 1.03. The van der Waals surface area contributed by atoms with Crippen LogP contribution in [-0.2, 0) is 13.5 Å². The average molecular weight is 257 g/mol. The van der Waals surface area contributed by atoms with Crippen LogP contribution in [0, 0.1) is 0 Å². The van der Waals surface area contributed by atoms with Gasteiger partial charge in [-0.1, -0.05) is 18.2 Å². The molecule has 0 spiro atoms. The normalized spacial score (nSPS) is 13.0. The molecule has 4 heteroatoms. The number of thiophene rings is 1. The lowest BCUT2D eigenvalue weighted by Gasteiger charge is -2.08. The highest BCUT2D eigenvalue weighted by Crippen LogP contribution is 2.29. The third-order valence-corrected chi connectivity index (χ3v) is 4.38. The largest absolute Gasteiger partial charge is 0.338 e. The van der Waals surface area contributed by atoms with Gasteiger partial charge in [0, 0.05) is 41.5 Å². The van der Waals surface area contributed by atoms with Gasteiger partial charge in [-0.3, -0.25) is 0 Å². The number of nitrogens with zero attached hydrogens (tertiary/aromatic N) is 2. The maximum absolute atomic E-state index is 6.28. The number of nitrogens with two attached hydrogens (primary N) is 1. The molecule has 3 rings (SSSR count). The predicted molar refractivity (Wildman–Crippen MR) is 75.7 cm³/mol. The molecule has 92 valence electrons. The van der Waals surface area contributed by atoms with E-state index in [0.29, 0.717) is 0 Å². The van der Waals surface area contributed by atoms with Gasteiger partial charge in [0.15, 0.2) is 0 Å². The molecule has 0 amide bonds. The van der Waals surface area contributed by atoms with Gasteiger partial charge in [0.25, 0.3) is 0 Å². The first-order chi connectivity index (χ1) is 8.74. The van der Waals surface area contributed by atoms with Gasteiger partial charge in [0.1, 0.15) is 5.82 Å². The average Bonchev–Trinajstić information content (AvgIpc) is 2.96. The van der Waals surface area contributed by atoms with E-state index in [0.717, 1.165) is 12.2 Å². The van der Waals surface area contributed by atoms with Gasteiger partial charge in [-0.15, -0.1) is 11.3 Å². The third kappa shape index (κ3) is 2.05. The topological polar surface area (TPSA) is 43.8 Å². The van der Waals surface area contributed by atoms with E-state index in [1.54, 1.807) is 11.3 Å². The van der Waals surface area contributed by atoms with Crippen LogP contribution in [0.4, 0.5) is 0 Å². The molecule has 1 aromatic carbocycles. The Bertz CT molecular complexity index is 635. The molecule has 2 aromatic heterocycles.